The zero-order valence-corrected chi connectivity index (χ0v) is 15.4. The Balaban J connectivity index is 1.62. The van der Waals surface area contributed by atoms with Crippen molar-refractivity contribution in [3.63, 3.8) is 0 Å². The molecule has 2 aromatic carbocycles. The predicted molar refractivity (Wildman–Crippen MR) is 104 cm³/mol. The van der Waals surface area contributed by atoms with Gasteiger partial charge in [0.2, 0.25) is 0 Å². The molecule has 0 saturated heterocycles. The molecule has 4 nitrogen and oxygen atoms in total. The van der Waals surface area contributed by atoms with Crippen molar-refractivity contribution in [2.45, 2.75) is 12.7 Å². The molecule has 0 atom stereocenters. The number of thiocarbonyl (C=S) groups is 1. The van der Waals surface area contributed by atoms with E-state index in [4.69, 9.17) is 23.8 Å². The molecule has 0 amide bonds. The molecule has 27 heavy (non-hydrogen) atoms. The first-order valence-corrected chi connectivity index (χ1v) is 8.60. The van der Waals surface area contributed by atoms with E-state index in [0.29, 0.717) is 21.4 Å². The normalized spacial score (nSPS) is 11.3. The van der Waals surface area contributed by atoms with Crippen LogP contribution >= 0.6 is 23.8 Å². The maximum Gasteiger partial charge on any atom is 0.416 e. The second-order valence-electron chi connectivity index (χ2n) is 5.71. The molecular formula is C18H14ClF3N4S. The summed E-state index contributed by atoms with van der Waals surface area (Å²) in [5.41, 5.74) is 1.16. The molecule has 2 N–H and O–H groups in total. The molecular weight excluding hydrogens is 397 g/mol. The third-order valence-corrected chi connectivity index (χ3v) is 4.01. The van der Waals surface area contributed by atoms with Gasteiger partial charge in [-0.3, -0.25) is 4.68 Å². The number of hydrogen-bond donors (Lipinski definition) is 2. The van der Waals surface area contributed by atoms with Crippen LogP contribution in [0, 0.1) is 0 Å². The Morgan fingerprint density at radius 3 is 2.56 bits per heavy atom. The van der Waals surface area contributed by atoms with E-state index in [1.54, 1.807) is 36.7 Å². The predicted octanol–water partition coefficient (Wildman–Crippen LogP) is 5.41. The van der Waals surface area contributed by atoms with E-state index in [1.807, 2.05) is 6.07 Å². The summed E-state index contributed by atoms with van der Waals surface area (Å²) in [6, 6.07) is 12.2. The van der Waals surface area contributed by atoms with Crippen molar-refractivity contribution in [3.05, 3.63) is 77.1 Å². The van der Waals surface area contributed by atoms with Crippen molar-refractivity contribution in [2.75, 3.05) is 10.6 Å². The fraction of sp³-hybridized carbons (Fsp3) is 0.111. The third-order valence-electron chi connectivity index (χ3n) is 3.57. The van der Waals surface area contributed by atoms with Crippen LogP contribution in [0.2, 0.25) is 5.02 Å². The standard InChI is InChI=1S/C18H14ClF3N4S/c19-14-5-2-6-15(8-14)24-17(27)25-16-9-23-26(11-16)10-12-3-1-4-13(7-12)18(20,21)22/h1-9,11H,10H2,(H2,24,25,27). The number of anilines is 2. The second-order valence-corrected chi connectivity index (χ2v) is 6.56. The summed E-state index contributed by atoms with van der Waals surface area (Å²) in [4.78, 5) is 0. The van der Waals surface area contributed by atoms with Gasteiger partial charge in [0.25, 0.3) is 0 Å². The van der Waals surface area contributed by atoms with Gasteiger partial charge >= 0.3 is 6.18 Å². The summed E-state index contributed by atoms with van der Waals surface area (Å²) in [5, 5.41) is 11.0. The number of nitrogens with zero attached hydrogens (tertiary/aromatic N) is 2. The average molecular weight is 411 g/mol. The number of alkyl halides is 3. The molecule has 1 aromatic heterocycles. The fourth-order valence-corrected chi connectivity index (χ4v) is 2.83. The molecule has 0 bridgehead atoms. The molecule has 0 radical (unpaired) electrons. The zero-order valence-electron chi connectivity index (χ0n) is 13.8. The monoisotopic (exact) mass is 410 g/mol. The second kappa shape index (κ2) is 7.98. The number of hydrogen-bond acceptors (Lipinski definition) is 2. The molecule has 0 spiro atoms. The number of nitrogens with one attached hydrogen (secondary N) is 2. The topological polar surface area (TPSA) is 41.9 Å². The van der Waals surface area contributed by atoms with Gasteiger partial charge in [-0.2, -0.15) is 18.3 Å². The molecule has 3 aromatic rings. The summed E-state index contributed by atoms with van der Waals surface area (Å²) in [6.07, 6.45) is -1.17. The van der Waals surface area contributed by atoms with E-state index < -0.39 is 11.7 Å². The molecule has 3 rings (SSSR count). The van der Waals surface area contributed by atoms with Gasteiger partial charge in [-0.1, -0.05) is 29.8 Å². The largest absolute Gasteiger partial charge is 0.416 e. The highest BCUT2D eigenvalue weighted by atomic mass is 35.5. The van der Waals surface area contributed by atoms with Crippen LogP contribution in [-0.4, -0.2) is 14.9 Å². The summed E-state index contributed by atoms with van der Waals surface area (Å²) >= 11 is 11.2. The molecule has 0 unspecified atom stereocenters. The first-order chi connectivity index (χ1) is 12.8. The Labute approximate surface area is 164 Å². The van der Waals surface area contributed by atoms with Gasteiger partial charge in [0.15, 0.2) is 5.11 Å². The minimum atomic E-state index is -4.37. The van der Waals surface area contributed by atoms with Crippen LogP contribution in [0.3, 0.4) is 0 Å². The van der Waals surface area contributed by atoms with Gasteiger partial charge in [0, 0.05) is 16.9 Å². The molecule has 0 fully saturated rings. The lowest BCUT2D eigenvalue weighted by atomic mass is 10.1. The Bertz CT molecular complexity index is 956. The zero-order chi connectivity index (χ0) is 19.4. The molecule has 0 aliphatic carbocycles. The molecule has 0 aliphatic heterocycles. The lowest BCUT2D eigenvalue weighted by Crippen LogP contribution is -2.18. The van der Waals surface area contributed by atoms with Crippen LogP contribution in [0.1, 0.15) is 11.1 Å². The number of aromatic nitrogens is 2. The highest BCUT2D eigenvalue weighted by Gasteiger charge is 2.30. The summed E-state index contributed by atoms with van der Waals surface area (Å²) in [6.45, 7) is 0.208. The smallest absolute Gasteiger partial charge is 0.332 e. The Morgan fingerprint density at radius 2 is 1.81 bits per heavy atom. The van der Waals surface area contributed by atoms with Crippen LogP contribution in [0.5, 0.6) is 0 Å². The van der Waals surface area contributed by atoms with Gasteiger partial charge in [0.1, 0.15) is 0 Å². The third kappa shape index (κ3) is 5.45. The first kappa shape index (κ1) is 19.2. The van der Waals surface area contributed by atoms with Crippen molar-refractivity contribution in [1.29, 1.82) is 0 Å². The number of halogens is 4. The maximum atomic E-state index is 12.8. The van der Waals surface area contributed by atoms with Crippen LogP contribution in [-0.2, 0) is 12.7 Å². The molecule has 1 heterocycles. The van der Waals surface area contributed by atoms with Gasteiger partial charge < -0.3 is 10.6 Å². The van der Waals surface area contributed by atoms with Gasteiger partial charge in [-0.05, 0) is 48.1 Å². The SMILES string of the molecule is FC(F)(F)c1cccc(Cn2cc(NC(=S)Nc3cccc(Cl)c3)cn2)c1. The minimum Gasteiger partial charge on any atom is -0.332 e. The molecule has 9 heteroatoms. The maximum absolute atomic E-state index is 12.8. The Kier molecular flexibility index (Phi) is 5.67. The summed E-state index contributed by atoms with van der Waals surface area (Å²) < 4.78 is 39.9. The van der Waals surface area contributed by atoms with Crippen molar-refractivity contribution in [3.8, 4) is 0 Å². The number of benzene rings is 2. The van der Waals surface area contributed by atoms with E-state index in [0.717, 1.165) is 17.8 Å². The molecule has 0 aliphatic rings. The average Bonchev–Trinajstić information content (AvgIpc) is 3.01. The van der Waals surface area contributed by atoms with Crippen LogP contribution in [0.15, 0.2) is 60.9 Å². The van der Waals surface area contributed by atoms with Gasteiger partial charge in [-0.25, -0.2) is 0 Å². The van der Waals surface area contributed by atoms with Crippen molar-refractivity contribution >= 4 is 40.3 Å². The lowest BCUT2D eigenvalue weighted by Gasteiger charge is -2.09. The van der Waals surface area contributed by atoms with E-state index in [-0.39, 0.29) is 6.54 Å². The summed E-state index contributed by atoms with van der Waals surface area (Å²) in [7, 11) is 0. The Hall–Kier alpha value is -2.58. The molecule has 140 valence electrons. The van der Waals surface area contributed by atoms with E-state index in [2.05, 4.69) is 15.7 Å². The van der Waals surface area contributed by atoms with Crippen LogP contribution in [0.4, 0.5) is 24.5 Å². The first-order valence-electron chi connectivity index (χ1n) is 7.82. The quantitative estimate of drug-likeness (QED) is 0.564. The Morgan fingerprint density at radius 1 is 1.07 bits per heavy atom. The van der Waals surface area contributed by atoms with Crippen molar-refractivity contribution in [2.24, 2.45) is 0 Å². The van der Waals surface area contributed by atoms with E-state index in [9.17, 15) is 13.2 Å². The van der Waals surface area contributed by atoms with Crippen molar-refractivity contribution in [1.82, 2.24) is 9.78 Å². The van der Waals surface area contributed by atoms with Crippen molar-refractivity contribution < 1.29 is 13.2 Å². The minimum absolute atomic E-state index is 0.208. The lowest BCUT2D eigenvalue weighted by molar-refractivity contribution is -0.137. The molecule has 0 saturated carbocycles. The van der Waals surface area contributed by atoms with E-state index >= 15 is 0 Å². The highest BCUT2D eigenvalue weighted by Crippen LogP contribution is 2.29. The fourth-order valence-electron chi connectivity index (χ4n) is 2.41. The van der Waals surface area contributed by atoms with Crippen LogP contribution in [0.25, 0.3) is 0 Å². The van der Waals surface area contributed by atoms with Gasteiger partial charge in [-0.15, -0.1) is 0 Å². The van der Waals surface area contributed by atoms with Crippen LogP contribution < -0.4 is 10.6 Å². The van der Waals surface area contributed by atoms with Gasteiger partial charge in [0.05, 0.1) is 24.0 Å². The number of rotatable bonds is 4. The highest BCUT2D eigenvalue weighted by molar-refractivity contribution is 7.80. The summed E-state index contributed by atoms with van der Waals surface area (Å²) in [5.74, 6) is 0. The van der Waals surface area contributed by atoms with E-state index in [1.165, 1.54) is 10.7 Å².